The molecule has 3 rings (SSSR count). The average molecular weight is 299 g/mol. The molecule has 1 saturated heterocycles. The summed E-state index contributed by atoms with van der Waals surface area (Å²) >= 11 is 0. The first kappa shape index (κ1) is 14.8. The van der Waals surface area contributed by atoms with Crippen LogP contribution in [0, 0.1) is 6.92 Å². The molecule has 5 heteroatoms. The van der Waals surface area contributed by atoms with Gasteiger partial charge in [0.05, 0.1) is 0 Å². The summed E-state index contributed by atoms with van der Waals surface area (Å²) in [6.45, 7) is 3.31. The third-order valence-corrected chi connectivity index (χ3v) is 4.30. The summed E-state index contributed by atoms with van der Waals surface area (Å²) < 4.78 is 1.51. The summed E-state index contributed by atoms with van der Waals surface area (Å²) in [6.07, 6.45) is 6.98. The van der Waals surface area contributed by atoms with Crippen LogP contribution in [0.5, 0.6) is 0 Å². The number of rotatable bonds is 1. The van der Waals surface area contributed by atoms with E-state index in [1.165, 1.54) is 17.0 Å². The third-order valence-electron chi connectivity index (χ3n) is 4.30. The molecule has 5 nitrogen and oxygen atoms in total. The van der Waals surface area contributed by atoms with Gasteiger partial charge in [0, 0.05) is 25.0 Å². The Hall–Kier alpha value is -2.17. The van der Waals surface area contributed by atoms with Crippen molar-refractivity contribution < 1.29 is 4.79 Å². The van der Waals surface area contributed by atoms with Crippen molar-refractivity contribution in [2.45, 2.75) is 39.0 Å². The molecule has 2 aromatic rings. The molecule has 1 aliphatic rings. The van der Waals surface area contributed by atoms with E-state index in [2.05, 4.69) is 4.98 Å². The van der Waals surface area contributed by atoms with E-state index in [-0.39, 0.29) is 17.0 Å². The van der Waals surface area contributed by atoms with Crippen LogP contribution < -0.4 is 5.56 Å². The van der Waals surface area contributed by atoms with Gasteiger partial charge in [-0.25, -0.2) is 4.98 Å². The van der Waals surface area contributed by atoms with Crippen LogP contribution in [-0.4, -0.2) is 33.3 Å². The van der Waals surface area contributed by atoms with Crippen LogP contribution in [0.2, 0.25) is 0 Å². The van der Waals surface area contributed by atoms with Crippen molar-refractivity contribution in [1.82, 2.24) is 14.3 Å². The van der Waals surface area contributed by atoms with Crippen LogP contribution in [0.25, 0.3) is 5.65 Å². The Kier molecular flexibility index (Phi) is 4.22. The smallest absolute Gasteiger partial charge is 0.270 e. The molecule has 2 aromatic heterocycles. The Labute approximate surface area is 129 Å². The molecule has 22 heavy (non-hydrogen) atoms. The van der Waals surface area contributed by atoms with Gasteiger partial charge in [-0.1, -0.05) is 25.3 Å². The zero-order valence-corrected chi connectivity index (χ0v) is 12.9. The van der Waals surface area contributed by atoms with E-state index in [4.69, 9.17) is 0 Å². The molecule has 0 bridgehead atoms. The highest BCUT2D eigenvalue weighted by molar-refractivity contribution is 5.93. The number of carbonyl (C=O) groups is 1. The lowest BCUT2D eigenvalue weighted by Gasteiger charge is -2.24. The molecular formula is C17H21N3O2. The molecule has 0 atom stereocenters. The number of pyridine rings is 1. The van der Waals surface area contributed by atoms with Crippen molar-refractivity contribution in [3.8, 4) is 0 Å². The first-order valence-corrected chi connectivity index (χ1v) is 7.95. The molecular weight excluding hydrogens is 278 g/mol. The fourth-order valence-electron chi connectivity index (χ4n) is 3.04. The number of aromatic nitrogens is 2. The standard InChI is InChI=1S/C17H21N3O2/c1-13-8-7-9-15-18-12-14(17(22)20(13)15)16(21)19-10-5-3-2-4-6-11-19/h7-9,12H,2-6,10-11H2,1H3. The molecule has 0 aromatic carbocycles. The Balaban J connectivity index is 1.98. The second kappa shape index (κ2) is 6.30. The highest BCUT2D eigenvalue weighted by Gasteiger charge is 2.21. The van der Waals surface area contributed by atoms with Gasteiger partial charge in [0.2, 0.25) is 0 Å². The van der Waals surface area contributed by atoms with Gasteiger partial charge in [0.15, 0.2) is 0 Å². The molecule has 1 aliphatic heterocycles. The SMILES string of the molecule is Cc1cccc2ncc(C(=O)N3CCCCCCC3)c(=O)n12. The monoisotopic (exact) mass is 299 g/mol. The van der Waals surface area contributed by atoms with Crippen LogP contribution in [0.4, 0.5) is 0 Å². The summed E-state index contributed by atoms with van der Waals surface area (Å²) in [6, 6.07) is 5.48. The van der Waals surface area contributed by atoms with Crippen LogP contribution in [0.15, 0.2) is 29.2 Å². The number of aryl methyl sites for hydroxylation is 1. The molecule has 0 radical (unpaired) electrons. The van der Waals surface area contributed by atoms with Gasteiger partial charge >= 0.3 is 0 Å². The van der Waals surface area contributed by atoms with Crippen molar-refractivity contribution in [3.63, 3.8) is 0 Å². The van der Waals surface area contributed by atoms with Gasteiger partial charge < -0.3 is 4.90 Å². The van der Waals surface area contributed by atoms with Crippen molar-refractivity contribution >= 4 is 11.6 Å². The van der Waals surface area contributed by atoms with E-state index in [0.29, 0.717) is 5.65 Å². The average Bonchev–Trinajstić information content (AvgIpc) is 2.46. The number of nitrogens with zero attached hydrogens (tertiary/aromatic N) is 3. The lowest BCUT2D eigenvalue weighted by Crippen LogP contribution is -2.38. The summed E-state index contributed by atoms with van der Waals surface area (Å²) in [7, 11) is 0. The van der Waals surface area contributed by atoms with E-state index in [1.54, 1.807) is 6.07 Å². The van der Waals surface area contributed by atoms with E-state index in [9.17, 15) is 9.59 Å². The lowest BCUT2D eigenvalue weighted by atomic mass is 10.1. The van der Waals surface area contributed by atoms with Gasteiger partial charge in [0.1, 0.15) is 11.2 Å². The number of carbonyl (C=O) groups excluding carboxylic acids is 1. The Morgan fingerprint density at radius 3 is 2.50 bits per heavy atom. The highest BCUT2D eigenvalue weighted by atomic mass is 16.2. The van der Waals surface area contributed by atoms with Crippen LogP contribution >= 0.6 is 0 Å². The first-order chi connectivity index (χ1) is 10.7. The lowest BCUT2D eigenvalue weighted by molar-refractivity contribution is 0.0740. The number of fused-ring (bicyclic) bond motifs is 1. The summed E-state index contributed by atoms with van der Waals surface area (Å²) in [5, 5.41) is 0. The van der Waals surface area contributed by atoms with E-state index < -0.39 is 0 Å². The maximum Gasteiger partial charge on any atom is 0.270 e. The largest absolute Gasteiger partial charge is 0.338 e. The van der Waals surface area contributed by atoms with Crippen molar-refractivity contribution in [2.75, 3.05) is 13.1 Å². The van der Waals surface area contributed by atoms with E-state index in [1.807, 2.05) is 24.0 Å². The van der Waals surface area contributed by atoms with Gasteiger partial charge in [0.25, 0.3) is 11.5 Å². The number of likely N-dealkylation sites (tertiary alicyclic amines) is 1. The van der Waals surface area contributed by atoms with Gasteiger partial charge in [-0.15, -0.1) is 0 Å². The zero-order valence-electron chi connectivity index (χ0n) is 12.9. The minimum absolute atomic E-state index is 0.173. The fourth-order valence-corrected chi connectivity index (χ4v) is 3.04. The Bertz CT molecular complexity index is 743. The quantitative estimate of drug-likeness (QED) is 0.812. The first-order valence-electron chi connectivity index (χ1n) is 7.95. The summed E-state index contributed by atoms with van der Waals surface area (Å²) in [4.78, 5) is 31.5. The second-order valence-electron chi connectivity index (χ2n) is 5.90. The van der Waals surface area contributed by atoms with Crippen molar-refractivity contribution in [2.24, 2.45) is 0 Å². The van der Waals surface area contributed by atoms with Gasteiger partial charge in [-0.2, -0.15) is 0 Å². The maximum absolute atomic E-state index is 12.7. The Morgan fingerprint density at radius 1 is 1.09 bits per heavy atom. The molecule has 1 amide bonds. The molecule has 0 N–H and O–H groups in total. The normalized spacial score (nSPS) is 16.3. The van der Waals surface area contributed by atoms with Crippen LogP contribution in [0.3, 0.4) is 0 Å². The molecule has 116 valence electrons. The highest BCUT2D eigenvalue weighted by Crippen LogP contribution is 2.12. The molecule has 3 heterocycles. The number of hydrogen-bond donors (Lipinski definition) is 0. The molecule has 0 spiro atoms. The summed E-state index contributed by atoms with van der Waals surface area (Å²) in [5.74, 6) is -0.183. The molecule has 0 unspecified atom stereocenters. The van der Waals surface area contributed by atoms with Crippen molar-refractivity contribution in [1.29, 1.82) is 0 Å². The zero-order chi connectivity index (χ0) is 15.5. The van der Waals surface area contributed by atoms with Crippen LogP contribution in [0.1, 0.15) is 48.2 Å². The topological polar surface area (TPSA) is 54.7 Å². The molecule has 0 saturated carbocycles. The Morgan fingerprint density at radius 2 is 1.77 bits per heavy atom. The second-order valence-corrected chi connectivity index (χ2v) is 5.90. The summed E-state index contributed by atoms with van der Waals surface area (Å²) in [5.41, 5.74) is 1.27. The van der Waals surface area contributed by atoms with Gasteiger partial charge in [-0.05, 0) is 31.9 Å². The van der Waals surface area contributed by atoms with E-state index >= 15 is 0 Å². The minimum atomic E-state index is -0.268. The fraction of sp³-hybridized carbons (Fsp3) is 0.471. The maximum atomic E-state index is 12.7. The third kappa shape index (κ3) is 2.75. The molecule has 0 aliphatic carbocycles. The predicted octanol–water partition coefficient (Wildman–Crippen LogP) is 2.41. The minimum Gasteiger partial charge on any atom is -0.338 e. The number of amides is 1. The molecule has 1 fully saturated rings. The van der Waals surface area contributed by atoms with E-state index in [0.717, 1.165) is 44.5 Å². The predicted molar refractivity (Wildman–Crippen MR) is 85.2 cm³/mol. The van der Waals surface area contributed by atoms with Gasteiger partial charge in [-0.3, -0.25) is 14.0 Å². The number of hydrogen-bond acceptors (Lipinski definition) is 3. The van der Waals surface area contributed by atoms with Crippen molar-refractivity contribution in [3.05, 3.63) is 46.0 Å². The van der Waals surface area contributed by atoms with Crippen LogP contribution in [-0.2, 0) is 0 Å².